The van der Waals surface area contributed by atoms with E-state index < -0.39 is 10.0 Å². The van der Waals surface area contributed by atoms with Crippen molar-refractivity contribution in [3.63, 3.8) is 0 Å². The fourth-order valence-electron chi connectivity index (χ4n) is 2.28. The molecule has 2 aliphatic rings. The number of rotatable bonds is 1. The Balaban J connectivity index is 0.000000845. The van der Waals surface area contributed by atoms with E-state index in [2.05, 4.69) is 5.32 Å². The highest BCUT2D eigenvalue weighted by atomic mass is 35.5. The van der Waals surface area contributed by atoms with Gasteiger partial charge in [0.05, 0.1) is 6.26 Å². The zero-order valence-corrected chi connectivity index (χ0v) is 9.20. The highest BCUT2D eigenvalue weighted by molar-refractivity contribution is 7.88. The topological polar surface area (TPSA) is 49.4 Å². The average molecular weight is 227 g/mol. The molecule has 0 spiro atoms. The van der Waals surface area contributed by atoms with Crippen molar-refractivity contribution in [3.8, 4) is 0 Å². The Morgan fingerprint density at radius 2 is 1.69 bits per heavy atom. The number of hydrogen-bond donors (Lipinski definition) is 1. The van der Waals surface area contributed by atoms with Crippen molar-refractivity contribution in [1.29, 1.82) is 0 Å². The summed E-state index contributed by atoms with van der Waals surface area (Å²) >= 11 is 0. The summed E-state index contributed by atoms with van der Waals surface area (Å²) in [5, 5.41) is 3.24. The molecule has 2 rings (SSSR count). The largest absolute Gasteiger partial charge is 0.314 e. The average Bonchev–Trinajstić information content (AvgIpc) is 2.23. The molecule has 0 aromatic rings. The van der Waals surface area contributed by atoms with E-state index in [1.165, 1.54) is 6.26 Å². The minimum absolute atomic E-state index is 0. The normalized spacial score (nSPS) is 34.2. The Morgan fingerprint density at radius 1 is 1.23 bits per heavy atom. The van der Waals surface area contributed by atoms with Crippen LogP contribution in [0.4, 0.5) is 0 Å². The lowest BCUT2D eigenvalue weighted by molar-refractivity contribution is 0.265. The van der Waals surface area contributed by atoms with Crippen LogP contribution in [0, 0.1) is 0 Å². The molecule has 0 saturated carbocycles. The first kappa shape index (κ1) is 11.2. The Bertz CT molecular complexity index is 264. The van der Waals surface area contributed by atoms with E-state index in [1.807, 2.05) is 0 Å². The Kier molecular flexibility index (Phi) is 3.22. The maximum Gasteiger partial charge on any atom is 0.211 e. The van der Waals surface area contributed by atoms with Gasteiger partial charge in [0.25, 0.3) is 0 Å². The summed E-state index contributed by atoms with van der Waals surface area (Å²) < 4.78 is 24.4. The van der Waals surface area contributed by atoms with Crippen molar-refractivity contribution in [2.45, 2.75) is 24.9 Å². The van der Waals surface area contributed by atoms with Gasteiger partial charge in [-0.15, -0.1) is 12.4 Å². The second-order valence-corrected chi connectivity index (χ2v) is 5.52. The molecule has 2 bridgehead atoms. The molecule has 0 aromatic carbocycles. The molecule has 0 aromatic heterocycles. The zero-order chi connectivity index (χ0) is 8.77. The Labute approximate surface area is 85.1 Å². The van der Waals surface area contributed by atoms with Gasteiger partial charge in [0, 0.05) is 25.2 Å². The molecule has 0 aliphatic carbocycles. The minimum Gasteiger partial charge on any atom is -0.314 e. The molecule has 78 valence electrons. The van der Waals surface area contributed by atoms with Gasteiger partial charge in [0.2, 0.25) is 10.0 Å². The van der Waals surface area contributed by atoms with Crippen LogP contribution in [0.5, 0.6) is 0 Å². The molecule has 2 unspecified atom stereocenters. The predicted octanol–water partition coefficient (Wildman–Crippen LogP) is -0.196. The molecule has 2 heterocycles. The van der Waals surface area contributed by atoms with Crippen LogP contribution in [0.1, 0.15) is 12.8 Å². The van der Waals surface area contributed by atoms with E-state index in [0.717, 1.165) is 25.9 Å². The fraction of sp³-hybridized carbons (Fsp3) is 1.00. The number of piperazine rings is 1. The molecule has 2 saturated heterocycles. The summed E-state index contributed by atoms with van der Waals surface area (Å²) in [5.74, 6) is 0. The number of nitrogens with zero attached hydrogens (tertiary/aromatic N) is 1. The smallest absolute Gasteiger partial charge is 0.211 e. The maximum atomic E-state index is 11.3. The van der Waals surface area contributed by atoms with Crippen molar-refractivity contribution < 1.29 is 8.42 Å². The number of halogens is 1. The third kappa shape index (κ3) is 1.98. The van der Waals surface area contributed by atoms with Crippen molar-refractivity contribution in [2.75, 3.05) is 19.3 Å². The third-order valence-electron chi connectivity index (χ3n) is 2.70. The molecule has 4 nitrogen and oxygen atoms in total. The monoisotopic (exact) mass is 226 g/mol. The van der Waals surface area contributed by atoms with E-state index >= 15 is 0 Å². The summed E-state index contributed by atoms with van der Waals surface area (Å²) in [6.45, 7) is 1.65. The third-order valence-corrected chi connectivity index (χ3v) is 4.06. The molecular formula is C7H15ClN2O2S. The number of sulfonamides is 1. The summed E-state index contributed by atoms with van der Waals surface area (Å²) in [7, 11) is -2.97. The molecule has 2 aliphatic heterocycles. The maximum absolute atomic E-state index is 11.3. The molecule has 6 heteroatoms. The van der Waals surface area contributed by atoms with Gasteiger partial charge < -0.3 is 5.32 Å². The van der Waals surface area contributed by atoms with E-state index in [4.69, 9.17) is 0 Å². The lowest BCUT2D eigenvalue weighted by Gasteiger charge is -2.32. The van der Waals surface area contributed by atoms with Gasteiger partial charge in [-0.3, -0.25) is 0 Å². The highest BCUT2D eigenvalue weighted by Gasteiger charge is 2.41. The minimum atomic E-state index is -2.97. The summed E-state index contributed by atoms with van der Waals surface area (Å²) in [6, 6.07) is 0.442. The molecule has 2 atom stereocenters. The van der Waals surface area contributed by atoms with E-state index in [-0.39, 0.29) is 24.5 Å². The van der Waals surface area contributed by atoms with Crippen molar-refractivity contribution in [2.24, 2.45) is 0 Å². The highest BCUT2D eigenvalue weighted by Crippen LogP contribution is 2.28. The number of fused-ring (bicyclic) bond motifs is 2. The summed E-state index contributed by atoms with van der Waals surface area (Å²) in [5.41, 5.74) is 0. The van der Waals surface area contributed by atoms with Crippen LogP contribution >= 0.6 is 12.4 Å². The standard InChI is InChI=1S/C7H14N2O2S.ClH/c1-12(10,11)9-6-2-3-7(9)5-8-4-6;/h6-8H,2-5H2,1H3;1H. The van der Waals surface area contributed by atoms with Crippen molar-refractivity contribution in [1.82, 2.24) is 9.62 Å². The zero-order valence-electron chi connectivity index (χ0n) is 7.56. The van der Waals surface area contributed by atoms with Crippen LogP contribution in [0.2, 0.25) is 0 Å². The van der Waals surface area contributed by atoms with Crippen LogP contribution in [0.3, 0.4) is 0 Å². The van der Waals surface area contributed by atoms with E-state index in [9.17, 15) is 8.42 Å². The number of nitrogens with one attached hydrogen (secondary N) is 1. The van der Waals surface area contributed by atoms with E-state index in [1.54, 1.807) is 4.31 Å². The first-order chi connectivity index (χ1) is 5.59. The van der Waals surface area contributed by atoms with Crippen molar-refractivity contribution in [3.05, 3.63) is 0 Å². The summed E-state index contributed by atoms with van der Waals surface area (Å²) in [4.78, 5) is 0. The van der Waals surface area contributed by atoms with Gasteiger partial charge in [-0.25, -0.2) is 8.42 Å². The first-order valence-corrected chi connectivity index (χ1v) is 6.13. The van der Waals surface area contributed by atoms with Crippen LogP contribution in [0.25, 0.3) is 0 Å². The van der Waals surface area contributed by atoms with Crippen LogP contribution in [-0.2, 0) is 10.0 Å². The van der Waals surface area contributed by atoms with Crippen molar-refractivity contribution >= 4 is 22.4 Å². The summed E-state index contributed by atoms with van der Waals surface area (Å²) in [6.07, 6.45) is 3.35. The second-order valence-electron chi connectivity index (χ2n) is 3.64. The van der Waals surface area contributed by atoms with Gasteiger partial charge in [-0.1, -0.05) is 0 Å². The Morgan fingerprint density at radius 3 is 2.00 bits per heavy atom. The molecule has 13 heavy (non-hydrogen) atoms. The van der Waals surface area contributed by atoms with Gasteiger partial charge >= 0.3 is 0 Å². The predicted molar refractivity (Wildman–Crippen MR) is 53.6 cm³/mol. The lowest BCUT2D eigenvalue weighted by Crippen LogP contribution is -2.53. The molecule has 0 radical (unpaired) electrons. The van der Waals surface area contributed by atoms with Gasteiger partial charge in [-0.05, 0) is 12.8 Å². The molecular weight excluding hydrogens is 212 g/mol. The van der Waals surface area contributed by atoms with Gasteiger partial charge in [0.1, 0.15) is 0 Å². The number of hydrogen-bond acceptors (Lipinski definition) is 3. The quantitative estimate of drug-likeness (QED) is 0.674. The van der Waals surface area contributed by atoms with Crippen LogP contribution in [0.15, 0.2) is 0 Å². The molecule has 0 amide bonds. The first-order valence-electron chi connectivity index (χ1n) is 4.28. The lowest BCUT2D eigenvalue weighted by atomic mass is 10.2. The Hall–Kier alpha value is 0.160. The van der Waals surface area contributed by atoms with Gasteiger partial charge in [-0.2, -0.15) is 4.31 Å². The molecule has 1 N–H and O–H groups in total. The molecule has 2 fully saturated rings. The fourth-order valence-corrected chi connectivity index (χ4v) is 3.72. The van der Waals surface area contributed by atoms with Gasteiger partial charge in [0.15, 0.2) is 0 Å². The SMILES string of the molecule is CS(=O)(=O)N1C2CCC1CNC2.Cl. The van der Waals surface area contributed by atoms with Crippen LogP contribution in [-0.4, -0.2) is 44.2 Å². The second kappa shape index (κ2) is 3.73. The van der Waals surface area contributed by atoms with Crippen LogP contribution < -0.4 is 5.32 Å². The van der Waals surface area contributed by atoms with E-state index in [0.29, 0.717) is 0 Å².